The SMILES string of the molecule is NC1(CC(=O)N2CCC3(CCCCC3)CC2)CCCCC1. The molecule has 1 heterocycles. The Kier molecular flexibility index (Phi) is 4.58. The first kappa shape index (κ1) is 15.3. The van der Waals surface area contributed by atoms with E-state index in [9.17, 15) is 4.79 Å². The van der Waals surface area contributed by atoms with Crippen LogP contribution in [0.4, 0.5) is 0 Å². The summed E-state index contributed by atoms with van der Waals surface area (Å²) in [4.78, 5) is 14.7. The van der Waals surface area contributed by atoms with Gasteiger partial charge in [-0.1, -0.05) is 38.5 Å². The van der Waals surface area contributed by atoms with Gasteiger partial charge in [-0.15, -0.1) is 0 Å². The quantitative estimate of drug-likeness (QED) is 0.845. The van der Waals surface area contributed by atoms with Gasteiger partial charge >= 0.3 is 0 Å². The Morgan fingerprint density at radius 3 is 1.90 bits per heavy atom. The number of likely N-dealkylation sites (tertiary alicyclic amines) is 1. The molecule has 3 heteroatoms. The van der Waals surface area contributed by atoms with Crippen molar-refractivity contribution in [1.29, 1.82) is 0 Å². The topological polar surface area (TPSA) is 46.3 Å². The first-order valence-corrected chi connectivity index (χ1v) is 9.18. The van der Waals surface area contributed by atoms with Gasteiger partial charge in [-0.3, -0.25) is 4.79 Å². The molecule has 21 heavy (non-hydrogen) atoms. The number of carbonyl (C=O) groups is 1. The Morgan fingerprint density at radius 1 is 0.810 bits per heavy atom. The highest BCUT2D eigenvalue weighted by molar-refractivity contribution is 5.77. The largest absolute Gasteiger partial charge is 0.343 e. The molecule has 0 atom stereocenters. The number of piperidine rings is 1. The third kappa shape index (κ3) is 3.61. The molecule has 3 aliphatic rings. The highest BCUT2D eigenvalue weighted by Crippen LogP contribution is 2.44. The van der Waals surface area contributed by atoms with Gasteiger partial charge in [0.15, 0.2) is 0 Å². The summed E-state index contributed by atoms with van der Waals surface area (Å²) in [5, 5.41) is 0. The maximum absolute atomic E-state index is 12.6. The van der Waals surface area contributed by atoms with Crippen molar-refractivity contribution >= 4 is 5.91 Å². The third-order valence-corrected chi connectivity index (χ3v) is 6.44. The van der Waals surface area contributed by atoms with Crippen LogP contribution in [0.3, 0.4) is 0 Å². The molecule has 0 bridgehead atoms. The fourth-order valence-electron chi connectivity index (χ4n) is 4.88. The maximum Gasteiger partial charge on any atom is 0.224 e. The maximum atomic E-state index is 12.6. The second-order valence-electron chi connectivity index (χ2n) is 8.04. The van der Waals surface area contributed by atoms with E-state index in [0.717, 1.165) is 25.9 Å². The van der Waals surface area contributed by atoms with E-state index in [1.54, 1.807) is 0 Å². The van der Waals surface area contributed by atoms with E-state index in [4.69, 9.17) is 5.73 Å². The van der Waals surface area contributed by atoms with Gasteiger partial charge in [0.05, 0.1) is 0 Å². The molecule has 3 nitrogen and oxygen atoms in total. The molecule has 1 aliphatic heterocycles. The molecular weight excluding hydrogens is 260 g/mol. The highest BCUT2D eigenvalue weighted by Gasteiger charge is 2.38. The van der Waals surface area contributed by atoms with Crippen LogP contribution in [0.2, 0.25) is 0 Å². The van der Waals surface area contributed by atoms with Crippen LogP contribution in [0.15, 0.2) is 0 Å². The van der Waals surface area contributed by atoms with Crippen LogP contribution >= 0.6 is 0 Å². The van der Waals surface area contributed by atoms with Crippen LogP contribution in [-0.2, 0) is 4.79 Å². The Labute approximate surface area is 129 Å². The van der Waals surface area contributed by atoms with Crippen LogP contribution in [0, 0.1) is 5.41 Å². The summed E-state index contributed by atoms with van der Waals surface area (Å²) < 4.78 is 0. The van der Waals surface area contributed by atoms with Gasteiger partial charge in [-0.05, 0) is 43.9 Å². The molecule has 0 unspecified atom stereocenters. The van der Waals surface area contributed by atoms with E-state index in [1.165, 1.54) is 64.2 Å². The summed E-state index contributed by atoms with van der Waals surface area (Å²) >= 11 is 0. The number of amides is 1. The van der Waals surface area contributed by atoms with E-state index in [0.29, 0.717) is 17.7 Å². The minimum Gasteiger partial charge on any atom is -0.343 e. The van der Waals surface area contributed by atoms with Crippen molar-refractivity contribution < 1.29 is 4.79 Å². The average molecular weight is 292 g/mol. The molecule has 0 aromatic heterocycles. The van der Waals surface area contributed by atoms with Crippen molar-refractivity contribution in [3.63, 3.8) is 0 Å². The monoisotopic (exact) mass is 292 g/mol. The van der Waals surface area contributed by atoms with Crippen LogP contribution in [0.1, 0.15) is 83.5 Å². The van der Waals surface area contributed by atoms with Crippen molar-refractivity contribution in [2.75, 3.05) is 13.1 Å². The number of hydrogen-bond donors (Lipinski definition) is 1. The molecule has 2 N–H and O–H groups in total. The number of carbonyl (C=O) groups excluding carboxylic acids is 1. The summed E-state index contributed by atoms with van der Waals surface area (Å²) in [6.07, 6.45) is 15.8. The van der Waals surface area contributed by atoms with Gasteiger partial charge in [-0.25, -0.2) is 0 Å². The highest BCUT2D eigenvalue weighted by atomic mass is 16.2. The first-order chi connectivity index (χ1) is 10.1. The van der Waals surface area contributed by atoms with Crippen molar-refractivity contribution in [3.8, 4) is 0 Å². The second-order valence-corrected chi connectivity index (χ2v) is 8.04. The van der Waals surface area contributed by atoms with Gasteiger partial charge in [0, 0.05) is 25.0 Å². The van der Waals surface area contributed by atoms with E-state index in [-0.39, 0.29) is 5.54 Å². The van der Waals surface area contributed by atoms with Gasteiger partial charge in [0.1, 0.15) is 0 Å². The first-order valence-electron chi connectivity index (χ1n) is 9.18. The molecule has 2 saturated carbocycles. The lowest BCUT2D eigenvalue weighted by Gasteiger charge is -2.45. The van der Waals surface area contributed by atoms with Crippen molar-refractivity contribution in [3.05, 3.63) is 0 Å². The summed E-state index contributed by atoms with van der Waals surface area (Å²) in [7, 11) is 0. The number of nitrogens with zero attached hydrogens (tertiary/aromatic N) is 1. The second kappa shape index (κ2) is 6.28. The molecule has 0 aromatic rings. The van der Waals surface area contributed by atoms with Gasteiger partial charge < -0.3 is 10.6 Å². The molecule has 2 aliphatic carbocycles. The molecule has 0 aromatic carbocycles. The Bertz CT molecular complexity index is 357. The average Bonchev–Trinajstić information content (AvgIpc) is 2.49. The Morgan fingerprint density at radius 2 is 1.33 bits per heavy atom. The molecule has 3 rings (SSSR count). The molecule has 1 spiro atoms. The number of rotatable bonds is 2. The molecule has 0 radical (unpaired) electrons. The van der Waals surface area contributed by atoms with E-state index in [2.05, 4.69) is 4.90 Å². The molecular formula is C18H32N2O. The van der Waals surface area contributed by atoms with Crippen LogP contribution in [0.25, 0.3) is 0 Å². The zero-order valence-electron chi connectivity index (χ0n) is 13.5. The summed E-state index contributed by atoms with van der Waals surface area (Å²) in [5.74, 6) is 0.324. The van der Waals surface area contributed by atoms with Crippen molar-refractivity contribution in [2.24, 2.45) is 11.1 Å². The zero-order valence-corrected chi connectivity index (χ0v) is 13.5. The summed E-state index contributed by atoms with van der Waals surface area (Å²) in [5.41, 5.74) is 6.84. The van der Waals surface area contributed by atoms with Crippen LogP contribution in [0.5, 0.6) is 0 Å². The van der Waals surface area contributed by atoms with Crippen molar-refractivity contribution in [2.45, 2.75) is 89.0 Å². The number of hydrogen-bond acceptors (Lipinski definition) is 2. The van der Waals surface area contributed by atoms with Gasteiger partial charge in [-0.2, -0.15) is 0 Å². The third-order valence-electron chi connectivity index (χ3n) is 6.44. The Hall–Kier alpha value is -0.570. The molecule has 1 amide bonds. The lowest BCUT2D eigenvalue weighted by molar-refractivity contribution is -0.135. The normalized spacial score (nSPS) is 28.5. The van der Waals surface area contributed by atoms with E-state index >= 15 is 0 Å². The summed E-state index contributed by atoms with van der Waals surface area (Å²) in [6, 6.07) is 0. The molecule has 1 saturated heterocycles. The van der Waals surface area contributed by atoms with Crippen LogP contribution in [-0.4, -0.2) is 29.4 Å². The lowest BCUT2D eigenvalue weighted by atomic mass is 9.68. The van der Waals surface area contributed by atoms with E-state index in [1.807, 2.05) is 0 Å². The number of nitrogens with two attached hydrogens (primary N) is 1. The fourth-order valence-corrected chi connectivity index (χ4v) is 4.88. The molecule has 120 valence electrons. The minimum absolute atomic E-state index is 0.199. The van der Waals surface area contributed by atoms with Gasteiger partial charge in [0.25, 0.3) is 0 Å². The van der Waals surface area contributed by atoms with Crippen molar-refractivity contribution in [1.82, 2.24) is 4.90 Å². The Balaban J connectivity index is 1.50. The zero-order chi connectivity index (χ0) is 14.8. The van der Waals surface area contributed by atoms with E-state index < -0.39 is 0 Å². The van der Waals surface area contributed by atoms with Gasteiger partial charge in [0.2, 0.25) is 5.91 Å². The fraction of sp³-hybridized carbons (Fsp3) is 0.944. The smallest absolute Gasteiger partial charge is 0.224 e. The summed E-state index contributed by atoms with van der Waals surface area (Å²) in [6.45, 7) is 1.96. The predicted octanol–water partition coefficient (Wildman–Crippen LogP) is 3.61. The standard InChI is InChI=1S/C18H32N2O/c19-18(9-5-2-6-10-18)15-16(21)20-13-11-17(12-14-20)7-3-1-4-8-17/h1-15,19H2. The predicted molar refractivity (Wildman–Crippen MR) is 86.0 cm³/mol. The lowest BCUT2D eigenvalue weighted by Crippen LogP contribution is -2.49. The van der Waals surface area contributed by atoms with Crippen LogP contribution < -0.4 is 5.73 Å². The molecule has 3 fully saturated rings. The minimum atomic E-state index is -0.199.